The Hall–Kier alpha value is -1.44. The fraction of sp³-hybridized carbons (Fsp3) is 0.200. The summed E-state index contributed by atoms with van der Waals surface area (Å²) in [4.78, 5) is 0. The van der Waals surface area contributed by atoms with Crippen molar-refractivity contribution in [1.29, 1.82) is 0 Å². The van der Waals surface area contributed by atoms with Gasteiger partial charge in [0.05, 0.1) is 18.3 Å². The fourth-order valence-corrected chi connectivity index (χ4v) is 1.18. The van der Waals surface area contributed by atoms with Crippen molar-refractivity contribution in [1.82, 2.24) is 0 Å². The van der Waals surface area contributed by atoms with Gasteiger partial charge < -0.3 is 9.15 Å². The number of hydrogen-bond donors (Lipinski definition) is 0. The van der Waals surface area contributed by atoms with Gasteiger partial charge >= 0.3 is 0 Å². The summed E-state index contributed by atoms with van der Waals surface area (Å²) in [7, 11) is 0. The van der Waals surface area contributed by atoms with E-state index >= 15 is 0 Å². The van der Waals surface area contributed by atoms with Crippen LogP contribution in [0.5, 0.6) is 5.75 Å². The molecule has 0 saturated heterocycles. The standard InChI is InChI=1S/C10H9O2/c1-2-12-10-5-3-4-8-6-11-7-9(8)10/h3-6H,2H2,1H3. The summed E-state index contributed by atoms with van der Waals surface area (Å²) < 4.78 is 10.3. The van der Waals surface area contributed by atoms with Crippen LogP contribution < -0.4 is 4.74 Å². The van der Waals surface area contributed by atoms with Crippen LogP contribution in [0, 0.1) is 6.26 Å². The van der Waals surface area contributed by atoms with E-state index in [0.29, 0.717) is 6.61 Å². The Morgan fingerprint density at radius 2 is 2.42 bits per heavy atom. The monoisotopic (exact) mass is 161 g/mol. The Labute approximate surface area is 70.8 Å². The lowest BCUT2D eigenvalue weighted by atomic mass is 10.2. The van der Waals surface area contributed by atoms with E-state index in [2.05, 4.69) is 6.26 Å². The molecule has 1 heterocycles. The number of hydrogen-bond acceptors (Lipinski definition) is 2. The van der Waals surface area contributed by atoms with Crippen LogP contribution in [-0.4, -0.2) is 6.61 Å². The molecule has 0 amide bonds. The molecule has 0 aliphatic heterocycles. The molecular formula is C10H9O2. The lowest BCUT2D eigenvalue weighted by Crippen LogP contribution is -1.90. The topological polar surface area (TPSA) is 22.4 Å². The van der Waals surface area contributed by atoms with Crippen molar-refractivity contribution in [3.8, 4) is 5.75 Å². The molecule has 0 spiro atoms. The van der Waals surface area contributed by atoms with Crippen LogP contribution in [-0.2, 0) is 0 Å². The van der Waals surface area contributed by atoms with Crippen molar-refractivity contribution in [2.24, 2.45) is 0 Å². The molecular weight excluding hydrogens is 152 g/mol. The highest BCUT2D eigenvalue weighted by Crippen LogP contribution is 2.25. The first-order valence-corrected chi connectivity index (χ1v) is 3.92. The molecule has 0 N–H and O–H groups in total. The van der Waals surface area contributed by atoms with Gasteiger partial charge in [-0.2, -0.15) is 0 Å². The van der Waals surface area contributed by atoms with Crippen molar-refractivity contribution in [2.45, 2.75) is 6.92 Å². The van der Waals surface area contributed by atoms with Crippen LogP contribution in [0.4, 0.5) is 0 Å². The van der Waals surface area contributed by atoms with E-state index in [0.717, 1.165) is 16.5 Å². The summed E-state index contributed by atoms with van der Waals surface area (Å²) in [6.45, 7) is 2.62. The Morgan fingerprint density at radius 1 is 1.50 bits per heavy atom. The van der Waals surface area contributed by atoms with Crippen LogP contribution in [0.15, 0.2) is 28.9 Å². The molecule has 0 aliphatic rings. The molecule has 1 radical (unpaired) electrons. The lowest BCUT2D eigenvalue weighted by molar-refractivity contribution is 0.344. The predicted octanol–water partition coefficient (Wildman–Crippen LogP) is 2.63. The number of fused-ring (bicyclic) bond motifs is 1. The highest BCUT2D eigenvalue weighted by atomic mass is 16.5. The summed E-state index contributed by atoms with van der Waals surface area (Å²) in [6.07, 6.45) is 4.44. The number of ether oxygens (including phenoxy) is 1. The maximum absolute atomic E-state index is 5.39. The molecule has 0 atom stereocenters. The van der Waals surface area contributed by atoms with Crippen LogP contribution >= 0.6 is 0 Å². The lowest BCUT2D eigenvalue weighted by Gasteiger charge is -2.01. The number of rotatable bonds is 2. The fourth-order valence-electron chi connectivity index (χ4n) is 1.18. The molecule has 1 aromatic carbocycles. The molecule has 2 nitrogen and oxygen atoms in total. The van der Waals surface area contributed by atoms with Gasteiger partial charge in [-0.1, -0.05) is 12.1 Å². The van der Waals surface area contributed by atoms with Gasteiger partial charge in [-0.3, -0.25) is 0 Å². The molecule has 2 heteroatoms. The third-order valence-electron chi connectivity index (χ3n) is 1.71. The molecule has 2 rings (SSSR count). The van der Waals surface area contributed by atoms with Crippen LogP contribution in [0.3, 0.4) is 0 Å². The Morgan fingerprint density at radius 3 is 3.25 bits per heavy atom. The number of benzene rings is 1. The average Bonchev–Trinajstić information content (AvgIpc) is 2.53. The third kappa shape index (κ3) is 1.05. The largest absolute Gasteiger partial charge is 0.493 e. The first-order chi connectivity index (χ1) is 5.92. The summed E-state index contributed by atoms with van der Waals surface area (Å²) in [6, 6.07) is 5.83. The van der Waals surface area contributed by atoms with E-state index in [1.54, 1.807) is 6.26 Å². The minimum Gasteiger partial charge on any atom is -0.493 e. The second-order valence-electron chi connectivity index (χ2n) is 2.49. The molecule has 0 bridgehead atoms. The first-order valence-electron chi connectivity index (χ1n) is 3.92. The first kappa shape index (κ1) is 7.22. The molecule has 0 fully saturated rings. The summed E-state index contributed by atoms with van der Waals surface area (Å²) in [5, 5.41) is 1.94. The van der Waals surface area contributed by atoms with Gasteiger partial charge in [-0.05, 0) is 13.0 Å². The molecule has 61 valence electrons. The average molecular weight is 161 g/mol. The minimum absolute atomic E-state index is 0.665. The van der Waals surface area contributed by atoms with E-state index < -0.39 is 0 Å². The van der Waals surface area contributed by atoms with E-state index in [4.69, 9.17) is 9.15 Å². The van der Waals surface area contributed by atoms with Crippen LogP contribution in [0.1, 0.15) is 6.92 Å². The maximum atomic E-state index is 5.39. The Bertz CT molecular complexity index is 376. The van der Waals surface area contributed by atoms with Gasteiger partial charge in [-0.15, -0.1) is 0 Å². The van der Waals surface area contributed by atoms with Gasteiger partial charge in [-0.25, -0.2) is 0 Å². The Kier molecular flexibility index (Phi) is 1.74. The van der Waals surface area contributed by atoms with Crippen molar-refractivity contribution in [3.63, 3.8) is 0 Å². The van der Waals surface area contributed by atoms with Crippen molar-refractivity contribution in [3.05, 3.63) is 30.7 Å². The SMILES string of the molecule is CCOc1cccc2co[c]c12. The van der Waals surface area contributed by atoms with E-state index in [9.17, 15) is 0 Å². The summed E-state index contributed by atoms with van der Waals surface area (Å²) in [5.74, 6) is 0.837. The van der Waals surface area contributed by atoms with E-state index in [1.807, 2.05) is 25.1 Å². The van der Waals surface area contributed by atoms with E-state index in [-0.39, 0.29) is 0 Å². The molecule has 0 saturated carbocycles. The molecule has 1 aromatic heterocycles. The van der Waals surface area contributed by atoms with Gasteiger partial charge in [0.15, 0.2) is 6.26 Å². The molecule has 0 unspecified atom stereocenters. The highest BCUT2D eigenvalue weighted by molar-refractivity contribution is 5.86. The third-order valence-corrected chi connectivity index (χ3v) is 1.71. The van der Waals surface area contributed by atoms with Crippen molar-refractivity contribution < 1.29 is 9.15 Å². The zero-order chi connectivity index (χ0) is 8.39. The maximum Gasteiger partial charge on any atom is 0.181 e. The van der Waals surface area contributed by atoms with E-state index in [1.165, 1.54) is 0 Å². The van der Waals surface area contributed by atoms with Gasteiger partial charge in [0.1, 0.15) is 5.75 Å². The summed E-state index contributed by atoms with van der Waals surface area (Å²) >= 11 is 0. The van der Waals surface area contributed by atoms with Gasteiger partial charge in [0, 0.05) is 5.39 Å². The van der Waals surface area contributed by atoms with Crippen molar-refractivity contribution >= 4 is 10.8 Å². The molecule has 2 aromatic rings. The molecule has 0 aliphatic carbocycles. The highest BCUT2D eigenvalue weighted by Gasteiger charge is 2.02. The minimum atomic E-state index is 0.665. The predicted molar refractivity (Wildman–Crippen MR) is 46.2 cm³/mol. The van der Waals surface area contributed by atoms with Gasteiger partial charge in [0.2, 0.25) is 0 Å². The smallest absolute Gasteiger partial charge is 0.181 e. The second kappa shape index (κ2) is 2.89. The normalized spacial score (nSPS) is 10.4. The number of furan rings is 1. The molecule has 12 heavy (non-hydrogen) atoms. The zero-order valence-electron chi connectivity index (χ0n) is 6.83. The van der Waals surface area contributed by atoms with Gasteiger partial charge in [0.25, 0.3) is 0 Å². The summed E-state index contributed by atoms with van der Waals surface area (Å²) in [5.41, 5.74) is 0. The van der Waals surface area contributed by atoms with Crippen molar-refractivity contribution in [2.75, 3.05) is 6.61 Å². The Balaban J connectivity index is 2.57. The zero-order valence-corrected chi connectivity index (χ0v) is 6.83. The van der Waals surface area contributed by atoms with Crippen LogP contribution in [0.2, 0.25) is 0 Å². The van der Waals surface area contributed by atoms with Crippen LogP contribution in [0.25, 0.3) is 10.8 Å². The second-order valence-corrected chi connectivity index (χ2v) is 2.49. The quantitative estimate of drug-likeness (QED) is 0.675.